The fourth-order valence-corrected chi connectivity index (χ4v) is 2.75. The number of halogens is 1. The lowest BCUT2D eigenvalue weighted by atomic mass is 9.97. The van der Waals surface area contributed by atoms with Crippen LogP contribution < -0.4 is 4.90 Å². The van der Waals surface area contributed by atoms with Gasteiger partial charge in [0.05, 0.1) is 0 Å². The highest BCUT2D eigenvalue weighted by atomic mass is 79.9. The summed E-state index contributed by atoms with van der Waals surface area (Å²) in [5, 5.41) is 0. The molecule has 0 spiro atoms. The first-order valence-electron chi connectivity index (χ1n) is 5.59. The predicted molar refractivity (Wildman–Crippen MR) is 67.2 cm³/mol. The zero-order valence-corrected chi connectivity index (χ0v) is 10.9. The minimum absolute atomic E-state index is 0.607. The molecule has 0 saturated carbocycles. The Labute approximate surface area is 99.8 Å². The molecule has 0 radical (unpaired) electrons. The van der Waals surface area contributed by atoms with Gasteiger partial charge in [0, 0.05) is 12.1 Å². The first-order valence-corrected chi connectivity index (χ1v) is 6.38. The van der Waals surface area contributed by atoms with Gasteiger partial charge in [0.1, 0.15) is 10.4 Å². The summed E-state index contributed by atoms with van der Waals surface area (Å²) in [5.41, 5.74) is 0. The molecule has 0 N–H and O–H groups in total. The van der Waals surface area contributed by atoms with Gasteiger partial charge in [0.25, 0.3) is 0 Å². The van der Waals surface area contributed by atoms with E-state index in [0.29, 0.717) is 12.1 Å². The summed E-state index contributed by atoms with van der Waals surface area (Å²) >= 11 is 3.43. The monoisotopic (exact) mass is 268 g/mol. The number of pyridine rings is 1. The second-order valence-electron chi connectivity index (χ2n) is 4.35. The molecule has 1 aliphatic rings. The fourth-order valence-electron chi connectivity index (χ4n) is 2.41. The van der Waals surface area contributed by atoms with Gasteiger partial charge < -0.3 is 4.90 Å². The minimum atomic E-state index is 0.607. The van der Waals surface area contributed by atoms with Gasteiger partial charge in [-0.15, -0.1) is 0 Å². The van der Waals surface area contributed by atoms with Gasteiger partial charge in [-0.3, -0.25) is 0 Å². The van der Waals surface area contributed by atoms with Crippen LogP contribution in [0.3, 0.4) is 0 Å². The van der Waals surface area contributed by atoms with E-state index in [1.54, 1.807) is 0 Å². The Morgan fingerprint density at radius 3 is 2.53 bits per heavy atom. The third-order valence-electron chi connectivity index (χ3n) is 3.16. The Balaban J connectivity index is 2.27. The number of aromatic nitrogens is 1. The molecule has 0 bridgehead atoms. The highest BCUT2D eigenvalue weighted by Crippen LogP contribution is 2.28. The van der Waals surface area contributed by atoms with E-state index in [4.69, 9.17) is 0 Å². The molecule has 2 nitrogen and oxygen atoms in total. The van der Waals surface area contributed by atoms with Crippen LogP contribution in [0.4, 0.5) is 5.82 Å². The lowest BCUT2D eigenvalue weighted by molar-refractivity contribution is 0.411. The molecule has 0 aromatic carbocycles. The van der Waals surface area contributed by atoms with Gasteiger partial charge in [-0.25, -0.2) is 4.98 Å². The third-order valence-corrected chi connectivity index (χ3v) is 3.60. The summed E-state index contributed by atoms with van der Waals surface area (Å²) in [7, 11) is 0. The summed E-state index contributed by atoms with van der Waals surface area (Å²) in [6, 6.07) is 7.35. The molecule has 0 amide bonds. The average molecular weight is 269 g/mol. The number of nitrogens with zero attached hydrogens (tertiary/aromatic N) is 2. The Morgan fingerprint density at radius 2 is 1.93 bits per heavy atom. The number of piperidine rings is 1. The Morgan fingerprint density at radius 1 is 1.27 bits per heavy atom. The molecule has 0 aliphatic carbocycles. The van der Waals surface area contributed by atoms with Crippen LogP contribution in [0.2, 0.25) is 0 Å². The van der Waals surface area contributed by atoms with Crippen LogP contribution in [0.25, 0.3) is 0 Å². The molecule has 2 rings (SSSR count). The van der Waals surface area contributed by atoms with E-state index < -0.39 is 0 Å². The molecule has 1 fully saturated rings. The van der Waals surface area contributed by atoms with Crippen LogP contribution in [0.5, 0.6) is 0 Å². The second kappa shape index (κ2) is 4.52. The Kier molecular flexibility index (Phi) is 3.29. The van der Waals surface area contributed by atoms with E-state index in [9.17, 15) is 0 Å². The zero-order valence-electron chi connectivity index (χ0n) is 9.28. The zero-order chi connectivity index (χ0) is 10.8. The standard InChI is InChI=1S/C12H17BrN2/c1-9-5-3-6-10(2)15(9)12-8-4-7-11(13)14-12/h4,7-10H,3,5-6H2,1-2H3/t9-,10+. The van der Waals surface area contributed by atoms with E-state index in [1.807, 2.05) is 6.07 Å². The first-order chi connectivity index (χ1) is 7.18. The lowest BCUT2D eigenvalue weighted by Crippen LogP contribution is -2.44. The van der Waals surface area contributed by atoms with Crippen molar-refractivity contribution in [3.63, 3.8) is 0 Å². The molecule has 1 aromatic rings. The average Bonchev–Trinajstić information content (AvgIpc) is 2.17. The van der Waals surface area contributed by atoms with Crippen LogP contribution in [0, 0.1) is 0 Å². The van der Waals surface area contributed by atoms with Crippen molar-refractivity contribution in [1.29, 1.82) is 0 Å². The van der Waals surface area contributed by atoms with Gasteiger partial charge in [0.15, 0.2) is 0 Å². The maximum atomic E-state index is 4.54. The van der Waals surface area contributed by atoms with Crippen molar-refractivity contribution in [2.45, 2.75) is 45.2 Å². The van der Waals surface area contributed by atoms with E-state index >= 15 is 0 Å². The van der Waals surface area contributed by atoms with Crippen molar-refractivity contribution in [3.05, 3.63) is 22.8 Å². The van der Waals surface area contributed by atoms with Crippen molar-refractivity contribution < 1.29 is 0 Å². The maximum Gasteiger partial charge on any atom is 0.130 e. The summed E-state index contributed by atoms with van der Waals surface area (Å²) < 4.78 is 0.921. The molecule has 15 heavy (non-hydrogen) atoms. The number of hydrogen-bond acceptors (Lipinski definition) is 2. The van der Waals surface area contributed by atoms with Crippen molar-refractivity contribution in [1.82, 2.24) is 4.98 Å². The fraction of sp³-hybridized carbons (Fsp3) is 0.583. The molecule has 1 aliphatic heterocycles. The molecule has 1 aromatic heterocycles. The van der Waals surface area contributed by atoms with Crippen LogP contribution in [-0.4, -0.2) is 17.1 Å². The molecule has 2 heterocycles. The quantitative estimate of drug-likeness (QED) is 0.724. The maximum absolute atomic E-state index is 4.54. The SMILES string of the molecule is C[C@@H]1CCC[C@H](C)N1c1cccc(Br)n1. The number of rotatable bonds is 1. The highest BCUT2D eigenvalue weighted by molar-refractivity contribution is 9.10. The molecule has 0 unspecified atom stereocenters. The summed E-state index contributed by atoms with van der Waals surface area (Å²) in [5.74, 6) is 1.10. The number of anilines is 1. The van der Waals surface area contributed by atoms with Gasteiger partial charge in [0.2, 0.25) is 0 Å². The second-order valence-corrected chi connectivity index (χ2v) is 5.17. The summed E-state index contributed by atoms with van der Waals surface area (Å²) in [6.07, 6.45) is 3.89. The molecule has 2 atom stereocenters. The highest BCUT2D eigenvalue weighted by Gasteiger charge is 2.25. The van der Waals surface area contributed by atoms with E-state index in [1.165, 1.54) is 19.3 Å². The molecular weight excluding hydrogens is 252 g/mol. The van der Waals surface area contributed by atoms with Gasteiger partial charge in [-0.2, -0.15) is 0 Å². The molecule has 1 saturated heterocycles. The van der Waals surface area contributed by atoms with E-state index in [-0.39, 0.29) is 0 Å². The van der Waals surface area contributed by atoms with Crippen molar-refractivity contribution in [2.24, 2.45) is 0 Å². The van der Waals surface area contributed by atoms with E-state index in [0.717, 1.165) is 10.4 Å². The van der Waals surface area contributed by atoms with Crippen LogP contribution in [0.1, 0.15) is 33.1 Å². The summed E-state index contributed by atoms with van der Waals surface area (Å²) in [6.45, 7) is 4.58. The topological polar surface area (TPSA) is 16.1 Å². The smallest absolute Gasteiger partial charge is 0.130 e. The molecule has 82 valence electrons. The van der Waals surface area contributed by atoms with Gasteiger partial charge in [-0.05, 0) is 61.2 Å². The molecule has 3 heteroatoms. The Bertz CT molecular complexity index is 330. The van der Waals surface area contributed by atoms with Crippen LogP contribution >= 0.6 is 15.9 Å². The van der Waals surface area contributed by atoms with Crippen LogP contribution in [0.15, 0.2) is 22.8 Å². The normalized spacial score (nSPS) is 26.7. The largest absolute Gasteiger partial charge is 0.351 e. The van der Waals surface area contributed by atoms with Gasteiger partial charge in [-0.1, -0.05) is 6.07 Å². The third kappa shape index (κ3) is 2.33. The first kappa shape index (κ1) is 10.9. The van der Waals surface area contributed by atoms with Crippen molar-refractivity contribution in [3.8, 4) is 0 Å². The van der Waals surface area contributed by atoms with Gasteiger partial charge >= 0.3 is 0 Å². The number of hydrogen-bond donors (Lipinski definition) is 0. The van der Waals surface area contributed by atoms with Crippen molar-refractivity contribution in [2.75, 3.05) is 4.90 Å². The molecular formula is C12H17BrN2. The van der Waals surface area contributed by atoms with Crippen molar-refractivity contribution >= 4 is 21.7 Å². The van der Waals surface area contributed by atoms with Crippen LogP contribution in [-0.2, 0) is 0 Å². The minimum Gasteiger partial charge on any atom is -0.351 e. The van der Waals surface area contributed by atoms with E-state index in [2.05, 4.69) is 51.8 Å². The lowest BCUT2D eigenvalue weighted by Gasteiger charge is -2.40. The predicted octanol–water partition coefficient (Wildman–Crippen LogP) is 3.61. The summed E-state index contributed by atoms with van der Waals surface area (Å²) in [4.78, 5) is 6.98. The Hall–Kier alpha value is -0.570.